The summed E-state index contributed by atoms with van der Waals surface area (Å²) in [5, 5.41) is 2.13. The van der Waals surface area contributed by atoms with E-state index in [4.69, 9.17) is 4.42 Å². The van der Waals surface area contributed by atoms with Crippen molar-refractivity contribution in [2.45, 2.75) is 6.92 Å². The molecule has 0 aromatic carbocycles. The molecule has 2 heterocycles. The molecule has 1 aliphatic heterocycles. The number of imide groups is 1. The van der Waals surface area contributed by atoms with Crippen molar-refractivity contribution in [3.8, 4) is 0 Å². The van der Waals surface area contributed by atoms with Gasteiger partial charge in [0.1, 0.15) is 18.8 Å². The summed E-state index contributed by atoms with van der Waals surface area (Å²) in [5.41, 5.74) is 0.377. The van der Waals surface area contributed by atoms with Crippen LogP contribution in [-0.4, -0.2) is 35.7 Å². The molecule has 0 aliphatic carbocycles. The highest BCUT2D eigenvalue weighted by Gasteiger charge is 2.28. The molecule has 6 nitrogen and oxygen atoms in total. The molecular weight excluding hydrogens is 212 g/mol. The third-order valence-electron chi connectivity index (χ3n) is 2.32. The van der Waals surface area contributed by atoms with Crippen LogP contribution in [0.5, 0.6) is 0 Å². The number of amides is 3. The molecular formula is C10H10N2O4. The largest absolute Gasteiger partial charge is 0.469 e. The van der Waals surface area contributed by atoms with E-state index in [0.29, 0.717) is 11.3 Å². The number of aryl methyl sites for hydroxylation is 1. The van der Waals surface area contributed by atoms with Crippen LogP contribution in [0.15, 0.2) is 16.7 Å². The number of carbonyl (C=O) groups is 3. The fraction of sp³-hybridized carbons (Fsp3) is 0.300. The molecule has 0 bridgehead atoms. The maximum absolute atomic E-state index is 11.9. The fourth-order valence-electron chi connectivity index (χ4n) is 1.56. The number of nitrogens with zero attached hydrogens (tertiary/aromatic N) is 1. The number of hydrogen-bond donors (Lipinski definition) is 1. The molecule has 0 unspecified atom stereocenters. The second kappa shape index (κ2) is 3.80. The Kier molecular flexibility index (Phi) is 2.47. The van der Waals surface area contributed by atoms with Gasteiger partial charge in [0.25, 0.3) is 5.91 Å². The van der Waals surface area contributed by atoms with E-state index < -0.39 is 11.8 Å². The van der Waals surface area contributed by atoms with Gasteiger partial charge in [-0.3, -0.25) is 19.7 Å². The Hall–Kier alpha value is -2.11. The lowest BCUT2D eigenvalue weighted by atomic mass is 10.2. The summed E-state index contributed by atoms with van der Waals surface area (Å²) in [6, 6.07) is 1.52. The number of furan rings is 1. The van der Waals surface area contributed by atoms with Crippen molar-refractivity contribution in [3.05, 3.63) is 23.7 Å². The van der Waals surface area contributed by atoms with E-state index in [2.05, 4.69) is 5.32 Å². The predicted molar refractivity (Wildman–Crippen MR) is 52.5 cm³/mol. The van der Waals surface area contributed by atoms with E-state index in [1.54, 1.807) is 6.92 Å². The SMILES string of the molecule is Cc1occc1C(=O)N1CC(=O)NC(=O)C1. The lowest BCUT2D eigenvalue weighted by molar-refractivity contribution is -0.135. The summed E-state index contributed by atoms with van der Waals surface area (Å²) in [6.45, 7) is 1.45. The van der Waals surface area contributed by atoms with Crippen molar-refractivity contribution in [2.75, 3.05) is 13.1 Å². The third-order valence-corrected chi connectivity index (χ3v) is 2.32. The Morgan fingerprint density at radius 1 is 1.38 bits per heavy atom. The van der Waals surface area contributed by atoms with Gasteiger partial charge in [-0.1, -0.05) is 0 Å². The molecule has 84 valence electrons. The van der Waals surface area contributed by atoms with Crippen molar-refractivity contribution in [1.29, 1.82) is 0 Å². The molecule has 1 aromatic heterocycles. The quantitative estimate of drug-likeness (QED) is 0.661. The minimum Gasteiger partial charge on any atom is -0.469 e. The Morgan fingerprint density at radius 3 is 2.50 bits per heavy atom. The van der Waals surface area contributed by atoms with Crippen LogP contribution in [0.1, 0.15) is 16.1 Å². The van der Waals surface area contributed by atoms with Crippen LogP contribution in [0.4, 0.5) is 0 Å². The van der Waals surface area contributed by atoms with Gasteiger partial charge in [-0.15, -0.1) is 0 Å². The van der Waals surface area contributed by atoms with Crippen molar-refractivity contribution >= 4 is 17.7 Å². The molecule has 1 aromatic rings. The maximum Gasteiger partial charge on any atom is 0.258 e. The zero-order valence-electron chi connectivity index (χ0n) is 8.65. The molecule has 2 rings (SSSR count). The Labute approximate surface area is 91.2 Å². The number of hydrogen-bond acceptors (Lipinski definition) is 4. The van der Waals surface area contributed by atoms with Crippen LogP contribution in [0.2, 0.25) is 0 Å². The first kappa shape index (κ1) is 10.4. The van der Waals surface area contributed by atoms with Gasteiger partial charge in [0.15, 0.2) is 0 Å². The van der Waals surface area contributed by atoms with Gasteiger partial charge >= 0.3 is 0 Å². The van der Waals surface area contributed by atoms with Gasteiger partial charge in [-0.25, -0.2) is 0 Å². The number of nitrogens with one attached hydrogen (secondary N) is 1. The highest BCUT2D eigenvalue weighted by Crippen LogP contribution is 2.12. The van der Waals surface area contributed by atoms with Crippen LogP contribution in [0.3, 0.4) is 0 Å². The van der Waals surface area contributed by atoms with Gasteiger partial charge in [0.2, 0.25) is 11.8 Å². The summed E-state index contributed by atoms with van der Waals surface area (Å²) < 4.78 is 5.00. The van der Waals surface area contributed by atoms with E-state index in [1.165, 1.54) is 17.2 Å². The first-order valence-corrected chi connectivity index (χ1v) is 4.74. The molecule has 1 N–H and O–H groups in total. The van der Waals surface area contributed by atoms with Crippen LogP contribution in [0, 0.1) is 6.92 Å². The summed E-state index contributed by atoms with van der Waals surface area (Å²) >= 11 is 0. The van der Waals surface area contributed by atoms with Gasteiger partial charge in [0, 0.05) is 0 Å². The van der Waals surface area contributed by atoms with E-state index in [9.17, 15) is 14.4 Å². The zero-order valence-corrected chi connectivity index (χ0v) is 8.65. The number of piperazine rings is 1. The second-order valence-electron chi connectivity index (χ2n) is 3.52. The molecule has 0 radical (unpaired) electrons. The van der Waals surface area contributed by atoms with Crippen LogP contribution in [-0.2, 0) is 9.59 Å². The zero-order chi connectivity index (χ0) is 11.7. The molecule has 1 aliphatic rings. The Morgan fingerprint density at radius 2 is 2.00 bits per heavy atom. The normalized spacial score (nSPS) is 16.2. The maximum atomic E-state index is 11.9. The van der Waals surface area contributed by atoms with Crippen molar-refractivity contribution in [3.63, 3.8) is 0 Å². The number of carbonyl (C=O) groups excluding carboxylic acids is 3. The summed E-state index contributed by atoms with van der Waals surface area (Å²) in [7, 11) is 0. The van der Waals surface area contributed by atoms with Crippen LogP contribution < -0.4 is 5.32 Å². The van der Waals surface area contributed by atoms with E-state index in [1.807, 2.05) is 0 Å². The molecule has 0 spiro atoms. The minimum atomic E-state index is -0.467. The summed E-state index contributed by atoms with van der Waals surface area (Å²) in [5.74, 6) is -0.825. The third kappa shape index (κ3) is 1.81. The average Bonchev–Trinajstić information content (AvgIpc) is 2.62. The van der Waals surface area contributed by atoms with Crippen molar-refractivity contribution in [1.82, 2.24) is 10.2 Å². The summed E-state index contributed by atoms with van der Waals surface area (Å²) in [6.07, 6.45) is 1.40. The van der Waals surface area contributed by atoms with Crippen LogP contribution in [0.25, 0.3) is 0 Å². The molecule has 0 atom stereocenters. The summed E-state index contributed by atoms with van der Waals surface area (Å²) in [4.78, 5) is 35.3. The fourth-order valence-corrected chi connectivity index (χ4v) is 1.56. The molecule has 16 heavy (non-hydrogen) atoms. The molecule has 6 heteroatoms. The first-order chi connectivity index (χ1) is 7.58. The topological polar surface area (TPSA) is 79.6 Å². The Bertz CT molecular complexity index is 447. The lowest BCUT2D eigenvalue weighted by Crippen LogP contribution is -2.53. The smallest absolute Gasteiger partial charge is 0.258 e. The van der Waals surface area contributed by atoms with Gasteiger partial charge in [-0.2, -0.15) is 0 Å². The van der Waals surface area contributed by atoms with E-state index >= 15 is 0 Å². The predicted octanol–water partition coefficient (Wildman–Crippen LogP) is -0.313. The van der Waals surface area contributed by atoms with Crippen molar-refractivity contribution < 1.29 is 18.8 Å². The van der Waals surface area contributed by atoms with Gasteiger partial charge in [-0.05, 0) is 13.0 Å². The highest BCUT2D eigenvalue weighted by atomic mass is 16.3. The molecule has 0 saturated carbocycles. The average molecular weight is 222 g/mol. The standard InChI is InChI=1S/C10H10N2O4/c1-6-7(2-3-16-6)10(15)12-4-8(13)11-9(14)5-12/h2-3H,4-5H2,1H3,(H,11,13,14). The van der Waals surface area contributed by atoms with Gasteiger partial charge < -0.3 is 9.32 Å². The minimum absolute atomic E-state index is 0.102. The van der Waals surface area contributed by atoms with Crippen molar-refractivity contribution in [2.24, 2.45) is 0 Å². The van der Waals surface area contributed by atoms with E-state index in [0.717, 1.165) is 0 Å². The van der Waals surface area contributed by atoms with E-state index in [-0.39, 0.29) is 19.0 Å². The monoisotopic (exact) mass is 222 g/mol. The molecule has 3 amide bonds. The highest BCUT2D eigenvalue weighted by molar-refractivity contribution is 6.05. The van der Waals surface area contributed by atoms with Gasteiger partial charge in [0.05, 0.1) is 11.8 Å². The first-order valence-electron chi connectivity index (χ1n) is 4.74. The van der Waals surface area contributed by atoms with Crippen LogP contribution >= 0.6 is 0 Å². The Balaban J connectivity index is 2.19. The number of rotatable bonds is 1. The lowest BCUT2D eigenvalue weighted by Gasteiger charge is -2.25. The second-order valence-corrected chi connectivity index (χ2v) is 3.52. The molecule has 1 saturated heterocycles. The molecule has 1 fully saturated rings.